The van der Waals surface area contributed by atoms with Crippen LogP contribution in [0.2, 0.25) is 0 Å². The number of hydrogen-bond acceptors (Lipinski definition) is 8. The molecule has 240 valence electrons. The van der Waals surface area contributed by atoms with E-state index in [1.165, 1.54) is 0 Å². The van der Waals surface area contributed by atoms with Gasteiger partial charge in [0.15, 0.2) is 0 Å². The highest BCUT2D eigenvalue weighted by atomic mass is 32.3. The van der Waals surface area contributed by atoms with Gasteiger partial charge in [-0.1, -0.05) is 77.0 Å². The van der Waals surface area contributed by atoms with E-state index < -0.39 is 69.1 Å². The zero-order chi connectivity index (χ0) is 31.0. The zero-order valence-corrected chi connectivity index (χ0v) is 27.4. The van der Waals surface area contributed by atoms with Gasteiger partial charge in [-0.2, -0.15) is 0 Å². The first kappa shape index (κ1) is 35.0. The molecule has 4 aliphatic rings. The highest BCUT2D eigenvalue weighted by molar-refractivity contribution is 8.31. The highest BCUT2D eigenvalue weighted by Crippen LogP contribution is 2.31. The second-order valence-electron chi connectivity index (χ2n) is 12.0. The fourth-order valence-corrected chi connectivity index (χ4v) is 16.3. The molecule has 0 aromatic heterocycles. The average Bonchev–Trinajstić information content (AvgIpc) is 2.99. The topological polar surface area (TPSA) is 209 Å². The Hall–Kier alpha value is -1.44. The smallest absolute Gasteiger partial charge is 0.359 e. The van der Waals surface area contributed by atoms with Crippen LogP contribution in [0.25, 0.3) is 11.1 Å². The molecule has 0 aromatic carbocycles. The molecule has 0 aromatic rings. The lowest BCUT2D eigenvalue weighted by Gasteiger charge is -2.22. The van der Waals surface area contributed by atoms with Gasteiger partial charge in [0.05, 0.1) is 21.0 Å². The maximum absolute atomic E-state index is 12.5. The molecule has 4 fully saturated rings. The van der Waals surface area contributed by atoms with Gasteiger partial charge in [0, 0.05) is 0 Å². The van der Waals surface area contributed by atoms with Crippen molar-refractivity contribution in [3.05, 3.63) is 11.1 Å². The normalized spacial score (nSPS) is 22.7. The largest absolute Gasteiger partial charge is 0.495 e. The Labute approximate surface area is 251 Å². The Morgan fingerprint density at radius 3 is 0.667 bits per heavy atom. The van der Waals surface area contributed by atoms with Gasteiger partial charge in [-0.15, -0.1) is 9.58 Å². The maximum Gasteiger partial charge on any atom is 0.495 e. The predicted octanol–water partition coefficient (Wildman–Crippen LogP) is 4.13. The Bertz CT molecular complexity index is 1260. The molecule has 0 amide bonds. The second kappa shape index (κ2) is 15.0. The maximum atomic E-state index is 12.5. The number of nitrogens with zero attached hydrogens (tertiary/aromatic N) is 4. The first-order valence-corrected chi connectivity index (χ1v) is 21.4. The van der Waals surface area contributed by atoms with E-state index in [1.807, 2.05) is 0 Å². The summed E-state index contributed by atoms with van der Waals surface area (Å²) in [6.45, 7) is 0. The van der Waals surface area contributed by atoms with Crippen molar-refractivity contribution >= 4 is 48.1 Å². The molecule has 12 nitrogen and oxygen atoms in total. The van der Waals surface area contributed by atoms with E-state index in [2.05, 4.69) is 9.58 Å². The number of hydrogen-bond donors (Lipinski definition) is 0. The summed E-state index contributed by atoms with van der Waals surface area (Å²) < 4.78 is 98.3. The van der Waals surface area contributed by atoms with Crippen molar-refractivity contribution in [1.82, 2.24) is 0 Å². The molecule has 16 heteroatoms. The molecule has 0 spiro atoms. The van der Waals surface area contributed by atoms with Crippen molar-refractivity contribution in [3.63, 3.8) is 0 Å². The summed E-state index contributed by atoms with van der Waals surface area (Å²) in [7, 11) is -16.3. The van der Waals surface area contributed by atoms with Crippen molar-refractivity contribution in [2.75, 3.05) is 0 Å². The minimum Gasteiger partial charge on any atom is -0.359 e. The van der Waals surface area contributed by atoms with Gasteiger partial charge >= 0.3 is 8.75 Å². The van der Waals surface area contributed by atoms with Gasteiger partial charge in [0.2, 0.25) is 0 Å². The first-order valence-electron chi connectivity index (χ1n) is 15.2. The van der Waals surface area contributed by atoms with Gasteiger partial charge < -0.3 is 11.1 Å². The lowest BCUT2D eigenvalue weighted by atomic mass is 10.0. The standard InChI is InChI=1S/2C13H22N2O4S2/c2*14-15-13(20(16,17)11-7-3-1-4-8-11)21(18,19)12-9-5-2-6-10-12/h2*11-12H,1-10H2. The first-order chi connectivity index (χ1) is 19.8. The molecule has 0 atom stereocenters. The van der Waals surface area contributed by atoms with Crippen LogP contribution in [0.5, 0.6) is 0 Å². The summed E-state index contributed by atoms with van der Waals surface area (Å²) in [5, 5.41) is -2.91. The molecular formula is C26H44N4O8S4. The van der Waals surface area contributed by atoms with E-state index in [1.54, 1.807) is 0 Å². The van der Waals surface area contributed by atoms with Gasteiger partial charge in [-0.25, -0.2) is 33.7 Å². The molecule has 0 radical (unpaired) electrons. The quantitative estimate of drug-likeness (QED) is 0.183. The summed E-state index contributed by atoms with van der Waals surface area (Å²) in [6.07, 6.45) is 13.6. The minimum atomic E-state index is -4.07. The van der Waals surface area contributed by atoms with Crippen LogP contribution in [-0.2, 0) is 39.3 Å². The third-order valence-electron chi connectivity index (χ3n) is 9.10. The van der Waals surface area contributed by atoms with Gasteiger partial charge in [0.1, 0.15) is 0 Å². The number of rotatable bonds is 4. The van der Waals surface area contributed by atoms with E-state index in [4.69, 9.17) is 11.1 Å². The molecule has 4 rings (SSSR count). The lowest BCUT2D eigenvalue weighted by Crippen LogP contribution is -2.40. The van der Waals surface area contributed by atoms with Crippen LogP contribution in [0.3, 0.4) is 0 Å². The summed E-state index contributed by atoms with van der Waals surface area (Å²) in [6, 6.07) is 0. The third kappa shape index (κ3) is 7.98. The molecule has 42 heavy (non-hydrogen) atoms. The molecular weight excluding hydrogens is 625 g/mol. The fraction of sp³-hybridized carbons (Fsp3) is 0.923. The summed E-state index contributed by atoms with van der Waals surface area (Å²) >= 11 is 0. The van der Waals surface area contributed by atoms with E-state index >= 15 is 0 Å². The minimum absolute atomic E-state index is 0.446. The third-order valence-corrected chi connectivity index (χ3v) is 19.6. The molecule has 0 heterocycles. The SMILES string of the molecule is [N-]=[N+]=C(S(=O)(=O)C1CCCCC1)S(=O)(=O)C1CCCCC1.[N-]=[N+]=C(S(=O)(=O)C1CCCCC1)S(=O)(=O)C1CCCCC1. The van der Waals surface area contributed by atoms with Crippen LogP contribution >= 0.6 is 0 Å². The fourth-order valence-electron chi connectivity index (χ4n) is 6.62. The van der Waals surface area contributed by atoms with Gasteiger partial charge in [-0.3, -0.25) is 0 Å². The Kier molecular flexibility index (Phi) is 12.5. The summed E-state index contributed by atoms with van der Waals surface area (Å²) in [5.74, 6) is 0. The molecule has 0 unspecified atom stereocenters. The monoisotopic (exact) mass is 668 g/mol. The Balaban J connectivity index is 0.000000230. The predicted molar refractivity (Wildman–Crippen MR) is 160 cm³/mol. The van der Waals surface area contributed by atoms with E-state index in [-0.39, 0.29) is 0 Å². The average molecular weight is 669 g/mol. The van der Waals surface area contributed by atoms with Gasteiger partial charge in [0.25, 0.3) is 39.3 Å². The summed E-state index contributed by atoms with van der Waals surface area (Å²) in [5.41, 5.74) is 18.2. The Morgan fingerprint density at radius 2 is 0.524 bits per heavy atom. The van der Waals surface area contributed by atoms with Crippen molar-refractivity contribution in [3.8, 4) is 0 Å². The summed E-state index contributed by atoms with van der Waals surface area (Å²) in [4.78, 5) is 5.45. The molecule has 4 saturated carbocycles. The van der Waals surface area contributed by atoms with Crippen LogP contribution in [0, 0.1) is 0 Å². The lowest BCUT2D eigenvalue weighted by molar-refractivity contribution is 0.00328. The van der Waals surface area contributed by atoms with Gasteiger partial charge in [-0.05, 0) is 51.4 Å². The molecule has 0 aliphatic heterocycles. The van der Waals surface area contributed by atoms with Crippen LogP contribution in [0.15, 0.2) is 0 Å². The highest BCUT2D eigenvalue weighted by Gasteiger charge is 2.51. The van der Waals surface area contributed by atoms with Crippen molar-refractivity contribution in [2.24, 2.45) is 0 Å². The van der Waals surface area contributed by atoms with Crippen molar-refractivity contribution < 1.29 is 43.3 Å². The van der Waals surface area contributed by atoms with Crippen LogP contribution in [-0.4, -0.2) is 73.0 Å². The zero-order valence-electron chi connectivity index (χ0n) is 24.1. The Morgan fingerprint density at radius 1 is 0.357 bits per heavy atom. The van der Waals surface area contributed by atoms with Crippen molar-refractivity contribution in [1.29, 1.82) is 0 Å². The van der Waals surface area contributed by atoms with E-state index in [9.17, 15) is 33.7 Å². The molecule has 0 saturated heterocycles. The number of sulfone groups is 4. The molecule has 0 N–H and O–H groups in total. The molecule has 4 aliphatic carbocycles. The van der Waals surface area contributed by atoms with Crippen LogP contribution < -0.4 is 0 Å². The van der Waals surface area contributed by atoms with E-state index in [0.717, 1.165) is 77.0 Å². The van der Waals surface area contributed by atoms with E-state index in [0.29, 0.717) is 51.4 Å². The van der Waals surface area contributed by atoms with Crippen LogP contribution in [0.4, 0.5) is 0 Å². The molecule has 0 bridgehead atoms. The van der Waals surface area contributed by atoms with Crippen molar-refractivity contribution in [2.45, 2.75) is 149 Å². The van der Waals surface area contributed by atoms with Crippen LogP contribution in [0.1, 0.15) is 128 Å². The second-order valence-corrected chi connectivity index (χ2v) is 21.0.